The lowest BCUT2D eigenvalue weighted by Crippen LogP contribution is -2.42. The van der Waals surface area contributed by atoms with E-state index in [-0.39, 0.29) is 63.1 Å². The van der Waals surface area contributed by atoms with E-state index in [1.807, 2.05) is 24.3 Å². The second-order valence-electron chi connectivity index (χ2n) is 10.0. The highest BCUT2D eigenvalue weighted by Gasteiger charge is 2.34. The molecule has 6 rings (SSSR count). The summed E-state index contributed by atoms with van der Waals surface area (Å²) in [4.78, 5) is 54.5. The molecular weight excluding hydrogens is 684 g/mol. The molecule has 0 aromatic heterocycles. The van der Waals surface area contributed by atoms with Gasteiger partial charge in [-0.15, -0.1) is 0 Å². The van der Waals surface area contributed by atoms with Gasteiger partial charge in [-0.1, -0.05) is 56.1 Å². The minimum Gasteiger partial charge on any atom is -0.377 e. The highest BCUT2D eigenvalue weighted by molar-refractivity contribution is 9.11. The van der Waals surface area contributed by atoms with Crippen molar-refractivity contribution >= 4 is 77.0 Å². The van der Waals surface area contributed by atoms with Gasteiger partial charge < -0.3 is 14.2 Å². The summed E-state index contributed by atoms with van der Waals surface area (Å²) in [5.41, 5.74) is 2.00. The Hall–Kier alpha value is -3.48. The average Bonchev–Trinajstić information content (AvgIpc) is 3.01. The fourth-order valence-corrected chi connectivity index (χ4v) is 6.41. The summed E-state index contributed by atoms with van der Waals surface area (Å²) in [6.45, 7) is 1.82. The highest BCUT2D eigenvalue weighted by Crippen LogP contribution is 2.35. The van der Waals surface area contributed by atoms with Crippen LogP contribution in [-0.2, 0) is 14.2 Å². The van der Waals surface area contributed by atoms with Crippen LogP contribution < -0.4 is 0 Å². The largest absolute Gasteiger partial charge is 0.377 e. The van der Waals surface area contributed by atoms with Crippen molar-refractivity contribution in [3.05, 3.63) is 91.9 Å². The van der Waals surface area contributed by atoms with Gasteiger partial charge in [-0.05, 0) is 47.2 Å². The third kappa shape index (κ3) is 5.51. The van der Waals surface area contributed by atoms with Gasteiger partial charge in [-0.25, -0.2) is 0 Å². The molecule has 0 unspecified atom stereocenters. The van der Waals surface area contributed by atoms with Crippen molar-refractivity contribution in [2.24, 2.45) is 0 Å². The SMILES string of the molecule is O=C1c2cccc3c(Br)ccc(c23)C(=O)N1CCOCCOCCOCCN1C(=O)c2cccc3c(Br)ccc(c23)C1=O. The minimum atomic E-state index is -0.333. The molecule has 220 valence electrons. The molecule has 0 aliphatic carbocycles. The fraction of sp³-hybridized carbons (Fsp3) is 0.250. The van der Waals surface area contributed by atoms with E-state index < -0.39 is 0 Å². The number of carbonyl (C=O) groups is 4. The summed E-state index contributed by atoms with van der Waals surface area (Å²) in [5.74, 6) is -1.33. The predicted molar refractivity (Wildman–Crippen MR) is 166 cm³/mol. The van der Waals surface area contributed by atoms with Gasteiger partial charge in [0.2, 0.25) is 0 Å². The summed E-state index contributed by atoms with van der Waals surface area (Å²) in [5, 5.41) is 3.01. The molecule has 0 saturated heterocycles. The third-order valence-corrected chi connectivity index (χ3v) is 8.92. The topological polar surface area (TPSA) is 102 Å². The van der Waals surface area contributed by atoms with Crippen molar-refractivity contribution in [2.75, 3.05) is 52.7 Å². The Morgan fingerprint density at radius 2 is 0.814 bits per heavy atom. The normalized spacial score (nSPS) is 14.5. The number of imide groups is 2. The van der Waals surface area contributed by atoms with Gasteiger partial charge in [-0.2, -0.15) is 0 Å². The van der Waals surface area contributed by atoms with Crippen molar-refractivity contribution in [3.63, 3.8) is 0 Å². The molecule has 11 heteroatoms. The van der Waals surface area contributed by atoms with Gasteiger partial charge in [0.1, 0.15) is 0 Å². The average molecular weight is 710 g/mol. The molecule has 0 saturated carbocycles. The van der Waals surface area contributed by atoms with Crippen LogP contribution in [-0.4, -0.2) is 86.2 Å². The fourth-order valence-electron chi connectivity index (χ4n) is 5.48. The Kier molecular flexibility index (Phi) is 8.69. The Balaban J connectivity index is 0.889. The zero-order valence-corrected chi connectivity index (χ0v) is 26.1. The number of benzene rings is 4. The second-order valence-corrected chi connectivity index (χ2v) is 11.7. The van der Waals surface area contributed by atoms with Gasteiger partial charge >= 0.3 is 0 Å². The van der Waals surface area contributed by atoms with Crippen molar-refractivity contribution in [1.82, 2.24) is 9.80 Å². The zero-order valence-electron chi connectivity index (χ0n) is 22.9. The number of ether oxygens (including phenoxy) is 3. The van der Waals surface area contributed by atoms with Crippen molar-refractivity contribution in [3.8, 4) is 0 Å². The van der Waals surface area contributed by atoms with Crippen LogP contribution in [0.15, 0.2) is 69.6 Å². The molecule has 0 atom stereocenters. The van der Waals surface area contributed by atoms with E-state index in [2.05, 4.69) is 31.9 Å². The molecule has 2 aliphatic heterocycles. The molecule has 4 amide bonds. The van der Waals surface area contributed by atoms with Crippen LogP contribution in [0.1, 0.15) is 41.4 Å². The van der Waals surface area contributed by atoms with E-state index >= 15 is 0 Å². The number of hydrogen-bond donors (Lipinski definition) is 0. The lowest BCUT2D eigenvalue weighted by atomic mass is 9.94. The molecular formula is C32H26Br2N2O7. The number of amides is 4. The second kappa shape index (κ2) is 12.6. The molecule has 0 bridgehead atoms. The first kappa shape index (κ1) is 29.6. The number of nitrogens with zero attached hydrogens (tertiary/aromatic N) is 2. The molecule has 2 heterocycles. The molecule has 9 nitrogen and oxygen atoms in total. The van der Waals surface area contributed by atoms with E-state index in [0.29, 0.717) is 46.2 Å². The molecule has 43 heavy (non-hydrogen) atoms. The molecule has 4 aromatic carbocycles. The van der Waals surface area contributed by atoms with Crippen LogP contribution in [0, 0.1) is 0 Å². The standard InChI is InChI=1S/C32H26Br2N2O7/c33-25-9-7-23-27-19(25)3-1-5-21(27)29(37)35(31(23)39)11-13-41-15-17-43-18-16-42-14-12-36-30(38)22-6-2-4-20-26(34)10-8-24(28(20)22)32(36)40/h1-10H,11-18H2. The Morgan fingerprint density at radius 1 is 0.465 bits per heavy atom. The van der Waals surface area contributed by atoms with Gasteiger partial charge in [0.05, 0.1) is 52.7 Å². The number of carbonyl (C=O) groups excluding carboxylic acids is 4. The maximum absolute atomic E-state index is 13.0. The first-order valence-electron chi connectivity index (χ1n) is 13.8. The lowest BCUT2D eigenvalue weighted by Gasteiger charge is -2.27. The van der Waals surface area contributed by atoms with Gasteiger partial charge in [0, 0.05) is 42.0 Å². The molecule has 4 aromatic rings. The summed E-state index contributed by atoms with van der Waals surface area (Å²) < 4.78 is 18.4. The highest BCUT2D eigenvalue weighted by atomic mass is 79.9. The maximum atomic E-state index is 13.0. The van der Waals surface area contributed by atoms with Gasteiger partial charge in [-0.3, -0.25) is 29.0 Å². The zero-order chi connectivity index (χ0) is 30.1. The predicted octanol–water partition coefficient (Wildman–Crippen LogP) is 5.46. The van der Waals surface area contributed by atoms with E-state index in [4.69, 9.17) is 14.2 Å². The van der Waals surface area contributed by atoms with Crippen molar-refractivity contribution in [2.45, 2.75) is 0 Å². The van der Waals surface area contributed by atoms with Crippen molar-refractivity contribution < 1.29 is 33.4 Å². The number of rotatable bonds is 12. The van der Waals surface area contributed by atoms with Crippen LogP contribution in [0.4, 0.5) is 0 Å². The van der Waals surface area contributed by atoms with Crippen molar-refractivity contribution in [1.29, 1.82) is 0 Å². The lowest BCUT2D eigenvalue weighted by molar-refractivity contribution is 0.00785. The molecule has 0 N–H and O–H groups in total. The quantitative estimate of drug-likeness (QED) is 0.142. The summed E-state index contributed by atoms with van der Waals surface area (Å²) in [7, 11) is 0. The van der Waals surface area contributed by atoms with Crippen LogP contribution in [0.3, 0.4) is 0 Å². The molecule has 0 fully saturated rings. The Labute approximate surface area is 263 Å². The van der Waals surface area contributed by atoms with E-state index in [9.17, 15) is 19.2 Å². The van der Waals surface area contributed by atoms with Crippen LogP contribution in [0.25, 0.3) is 21.5 Å². The van der Waals surface area contributed by atoms with E-state index in [1.54, 1.807) is 36.4 Å². The molecule has 0 radical (unpaired) electrons. The van der Waals surface area contributed by atoms with Crippen LogP contribution in [0.2, 0.25) is 0 Å². The van der Waals surface area contributed by atoms with E-state index in [1.165, 1.54) is 9.80 Å². The number of hydrogen-bond acceptors (Lipinski definition) is 7. The Bertz CT molecular complexity index is 1620. The first-order valence-corrected chi connectivity index (χ1v) is 15.3. The van der Waals surface area contributed by atoms with Crippen LogP contribution in [0.5, 0.6) is 0 Å². The molecule has 0 spiro atoms. The first-order chi connectivity index (χ1) is 20.9. The molecule has 2 aliphatic rings. The monoisotopic (exact) mass is 708 g/mol. The maximum Gasteiger partial charge on any atom is 0.261 e. The smallest absolute Gasteiger partial charge is 0.261 e. The summed E-state index contributed by atoms with van der Waals surface area (Å²) in [6, 6.07) is 17.9. The van der Waals surface area contributed by atoms with E-state index in [0.717, 1.165) is 19.7 Å². The summed E-state index contributed by atoms with van der Waals surface area (Å²) >= 11 is 6.98. The van der Waals surface area contributed by atoms with Crippen LogP contribution >= 0.6 is 31.9 Å². The Morgan fingerprint density at radius 3 is 1.21 bits per heavy atom. The van der Waals surface area contributed by atoms with Gasteiger partial charge in [0.25, 0.3) is 23.6 Å². The van der Waals surface area contributed by atoms with Gasteiger partial charge in [0.15, 0.2) is 0 Å². The summed E-state index contributed by atoms with van der Waals surface area (Å²) in [6.07, 6.45) is 0. The minimum absolute atomic E-state index is 0.136. The third-order valence-electron chi connectivity index (χ3n) is 7.54. The number of halogens is 2.